The molecule has 0 saturated carbocycles. The Hall–Kier alpha value is -1.64. The molecule has 3 rings (SSSR count). The molecule has 2 saturated heterocycles. The van der Waals surface area contributed by atoms with Crippen LogP contribution >= 0.6 is 0 Å². The lowest BCUT2D eigenvalue weighted by Crippen LogP contribution is -2.54. The van der Waals surface area contributed by atoms with Crippen molar-refractivity contribution in [2.24, 2.45) is 0 Å². The van der Waals surface area contributed by atoms with Gasteiger partial charge in [-0.1, -0.05) is 12.1 Å². The molecule has 8 heteroatoms. The van der Waals surface area contributed by atoms with Crippen LogP contribution in [-0.4, -0.2) is 56.5 Å². The zero-order valence-electron chi connectivity index (χ0n) is 13.0. The summed E-state index contributed by atoms with van der Waals surface area (Å²) < 4.78 is 24.5. The number of hydrogen-bond acceptors (Lipinski definition) is 4. The van der Waals surface area contributed by atoms with Crippen molar-refractivity contribution in [1.82, 2.24) is 9.21 Å². The number of benzene rings is 1. The Bertz CT molecular complexity index is 608. The molecule has 2 fully saturated rings. The molecule has 0 aliphatic carbocycles. The van der Waals surface area contributed by atoms with E-state index in [4.69, 9.17) is 8.92 Å². The minimum absolute atomic E-state index is 0.0993. The summed E-state index contributed by atoms with van der Waals surface area (Å²) >= 11 is -1.56. The van der Waals surface area contributed by atoms with E-state index in [1.54, 1.807) is 11.4 Å². The molecule has 1 N–H and O–H groups in total. The molecule has 1 aromatic rings. The summed E-state index contributed by atoms with van der Waals surface area (Å²) in [6.45, 7) is 2.49. The van der Waals surface area contributed by atoms with Crippen molar-refractivity contribution in [3.8, 4) is 5.75 Å². The number of amides is 1. The summed E-state index contributed by atoms with van der Waals surface area (Å²) in [7, 11) is 1.60. The monoisotopic (exact) mass is 340 g/mol. The van der Waals surface area contributed by atoms with E-state index >= 15 is 0 Å². The first kappa shape index (κ1) is 16.2. The standard InChI is InChI=1S/C15H20N2O5S/c1-10-7-13-14(17(10)15(18)19)9-22-23(20)16(13)8-11-3-5-12(21-2)6-4-11/h3-6,10,13-14H,7-9H2,1-2H3,(H,18,19)/t10-,13+,14+,23?/m1/s1. The van der Waals surface area contributed by atoms with Crippen LogP contribution in [0.4, 0.5) is 4.79 Å². The number of nitrogens with zero attached hydrogens (tertiary/aromatic N) is 2. The molecule has 126 valence electrons. The molecule has 1 aromatic carbocycles. The molecule has 0 bridgehead atoms. The highest BCUT2D eigenvalue weighted by Gasteiger charge is 2.49. The molecule has 7 nitrogen and oxygen atoms in total. The van der Waals surface area contributed by atoms with Gasteiger partial charge in [-0.25, -0.2) is 9.00 Å². The summed E-state index contributed by atoms with van der Waals surface area (Å²) in [5.41, 5.74) is 0.977. The Morgan fingerprint density at radius 1 is 1.39 bits per heavy atom. The van der Waals surface area contributed by atoms with Gasteiger partial charge in [0.15, 0.2) is 0 Å². The van der Waals surface area contributed by atoms with Crippen LogP contribution in [0.2, 0.25) is 0 Å². The average Bonchev–Trinajstić information content (AvgIpc) is 2.87. The van der Waals surface area contributed by atoms with Gasteiger partial charge in [0.1, 0.15) is 5.75 Å². The van der Waals surface area contributed by atoms with Gasteiger partial charge >= 0.3 is 6.09 Å². The van der Waals surface area contributed by atoms with Gasteiger partial charge in [-0.05, 0) is 31.0 Å². The van der Waals surface area contributed by atoms with Crippen molar-refractivity contribution in [1.29, 1.82) is 0 Å². The van der Waals surface area contributed by atoms with Crippen LogP contribution in [0.25, 0.3) is 0 Å². The lowest BCUT2D eigenvalue weighted by Gasteiger charge is -2.37. The number of methoxy groups -OCH3 is 1. The summed E-state index contributed by atoms with van der Waals surface area (Å²) in [4.78, 5) is 12.9. The fourth-order valence-electron chi connectivity index (χ4n) is 3.35. The predicted octanol–water partition coefficient (Wildman–Crippen LogP) is 1.62. The molecule has 0 aromatic heterocycles. The van der Waals surface area contributed by atoms with Crippen molar-refractivity contribution in [2.75, 3.05) is 13.7 Å². The molecule has 1 amide bonds. The lowest BCUT2D eigenvalue weighted by atomic mass is 10.1. The summed E-state index contributed by atoms with van der Waals surface area (Å²) in [6.07, 6.45) is -0.298. The highest BCUT2D eigenvalue weighted by atomic mass is 32.2. The molecular formula is C15H20N2O5S. The fraction of sp³-hybridized carbons (Fsp3) is 0.533. The molecule has 0 radical (unpaired) electrons. The molecule has 2 aliphatic rings. The molecule has 0 spiro atoms. The van der Waals surface area contributed by atoms with E-state index < -0.39 is 17.4 Å². The fourth-order valence-corrected chi connectivity index (χ4v) is 4.44. The summed E-state index contributed by atoms with van der Waals surface area (Å²) in [5.74, 6) is 0.759. The van der Waals surface area contributed by atoms with E-state index in [9.17, 15) is 14.1 Å². The van der Waals surface area contributed by atoms with Crippen molar-refractivity contribution in [3.05, 3.63) is 29.8 Å². The molecule has 23 heavy (non-hydrogen) atoms. The zero-order valence-corrected chi connectivity index (χ0v) is 13.9. The molecule has 2 aliphatic heterocycles. The van der Waals surface area contributed by atoms with Crippen LogP contribution < -0.4 is 4.74 Å². The second-order valence-electron chi connectivity index (χ2n) is 5.83. The number of fused-ring (bicyclic) bond motifs is 1. The van der Waals surface area contributed by atoms with Gasteiger partial charge in [0.05, 0.1) is 19.8 Å². The SMILES string of the molecule is COc1ccc(CN2[C@H]3C[C@@H](C)N(C(=O)O)[C@H]3COS2=O)cc1. The maximum Gasteiger partial charge on any atom is 0.407 e. The average molecular weight is 340 g/mol. The van der Waals surface area contributed by atoms with E-state index in [2.05, 4.69) is 0 Å². The van der Waals surface area contributed by atoms with Gasteiger partial charge in [0, 0.05) is 18.6 Å². The van der Waals surface area contributed by atoms with Crippen LogP contribution in [0.1, 0.15) is 18.9 Å². The van der Waals surface area contributed by atoms with Crippen molar-refractivity contribution in [2.45, 2.75) is 38.0 Å². The number of likely N-dealkylation sites (tertiary alicyclic amines) is 1. The van der Waals surface area contributed by atoms with E-state index in [0.29, 0.717) is 13.0 Å². The Balaban J connectivity index is 1.79. The van der Waals surface area contributed by atoms with Crippen molar-refractivity contribution in [3.63, 3.8) is 0 Å². The van der Waals surface area contributed by atoms with Gasteiger partial charge < -0.3 is 9.84 Å². The van der Waals surface area contributed by atoms with Gasteiger partial charge in [0.2, 0.25) is 11.3 Å². The maximum absolute atomic E-state index is 12.3. The lowest BCUT2D eigenvalue weighted by molar-refractivity contribution is 0.0813. The smallest absolute Gasteiger partial charge is 0.407 e. The highest BCUT2D eigenvalue weighted by molar-refractivity contribution is 7.77. The van der Waals surface area contributed by atoms with Crippen LogP contribution in [-0.2, 0) is 22.0 Å². The Morgan fingerprint density at radius 2 is 2.09 bits per heavy atom. The minimum atomic E-state index is -1.56. The molecule has 2 heterocycles. The first-order valence-corrected chi connectivity index (χ1v) is 8.50. The third-order valence-electron chi connectivity index (χ3n) is 4.48. The Labute approximate surface area is 137 Å². The molecule has 4 atom stereocenters. The van der Waals surface area contributed by atoms with Crippen LogP contribution in [0.15, 0.2) is 24.3 Å². The number of ether oxygens (including phenoxy) is 1. The largest absolute Gasteiger partial charge is 0.497 e. The predicted molar refractivity (Wildman–Crippen MR) is 84.2 cm³/mol. The van der Waals surface area contributed by atoms with Gasteiger partial charge in [-0.15, -0.1) is 0 Å². The number of carboxylic acid groups (broad SMARTS) is 1. The first-order chi connectivity index (χ1) is 11.0. The molecule has 1 unspecified atom stereocenters. The molecular weight excluding hydrogens is 320 g/mol. The Morgan fingerprint density at radius 3 is 2.70 bits per heavy atom. The quantitative estimate of drug-likeness (QED) is 0.904. The van der Waals surface area contributed by atoms with Crippen LogP contribution in [0, 0.1) is 0 Å². The van der Waals surface area contributed by atoms with E-state index in [0.717, 1.165) is 11.3 Å². The number of rotatable bonds is 3. The van der Waals surface area contributed by atoms with Crippen molar-refractivity contribution >= 4 is 17.4 Å². The van der Waals surface area contributed by atoms with Gasteiger partial charge in [0.25, 0.3) is 0 Å². The third-order valence-corrected chi connectivity index (χ3v) is 5.60. The van der Waals surface area contributed by atoms with Crippen LogP contribution in [0.5, 0.6) is 5.75 Å². The zero-order chi connectivity index (χ0) is 16.6. The summed E-state index contributed by atoms with van der Waals surface area (Å²) in [6, 6.07) is 7.03. The normalized spacial score (nSPS) is 31.0. The van der Waals surface area contributed by atoms with Crippen LogP contribution in [0.3, 0.4) is 0 Å². The van der Waals surface area contributed by atoms with E-state index in [1.165, 1.54) is 4.90 Å². The number of hydrogen-bond donors (Lipinski definition) is 1. The Kier molecular flexibility index (Phi) is 4.56. The third kappa shape index (κ3) is 3.06. The minimum Gasteiger partial charge on any atom is -0.497 e. The maximum atomic E-state index is 12.3. The van der Waals surface area contributed by atoms with E-state index in [1.807, 2.05) is 31.2 Å². The number of carbonyl (C=O) groups is 1. The second kappa shape index (κ2) is 6.46. The van der Waals surface area contributed by atoms with Gasteiger partial charge in [-0.2, -0.15) is 4.31 Å². The first-order valence-electron chi connectivity index (χ1n) is 7.47. The van der Waals surface area contributed by atoms with Crippen molar-refractivity contribution < 1.29 is 23.0 Å². The highest BCUT2D eigenvalue weighted by Crippen LogP contribution is 2.34. The topological polar surface area (TPSA) is 79.3 Å². The summed E-state index contributed by atoms with van der Waals surface area (Å²) in [5, 5.41) is 9.38. The van der Waals surface area contributed by atoms with Gasteiger partial charge in [-0.3, -0.25) is 9.08 Å². The van der Waals surface area contributed by atoms with E-state index in [-0.39, 0.29) is 24.7 Å². The second-order valence-corrected chi connectivity index (χ2v) is 6.97.